The van der Waals surface area contributed by atoms with Crippen LogP contribution in [0.15, 0.2) is 24.3 Å². The lowest BCUT2D eigenvalue weighted by Gasteiger charge is -2.14. The fourth-order valence-corrected chi connectivity index (χ4v) is 2.55. The number of rotatable bonds is 5. The van der Waals surface area contributed by atoms with E-state index in [4.69, 9.17) is 5.73 Å². The molecule has 19 heavy (non-hydrogen) atoms. The zero-order valence-corrected chi connectivity index (χ0v) is 11.6. The van der Waals surface area contributed by atoms with Gasteiger partial charge in [-0.1, -0.05) is 19.1 Å². The lowest BCUT2D eigenvalue weighted by molar-refractivity contribution is 0.0947. The maximum absolute atomic E-state index is 12.1. The predicted octanol–water partition coefficient (Wildman–Crippen LogP) is 1.22. The predicted molar refractivity (Wildman–Crippen MR) is 76.9 cm³/mol. The van der Waals surface area contributed by atoms with E-state index in [1.165, 1.54) is 6.42 Å². The largest absolute Gasteiger partial charge is 0.352 e. The Labute approximate surface area is 115 Å². The zero-order valence-electron chi connectivity index (χ0n) is 11.6. The lowest BCUT2D eigenvalue weighted by Crippen LogP contribution is -2.31. The fraction of sp³-hybridized carbons (Fsp3) is 0.533. The minimum Gasteiger partial charge on any atom is -0.352 e. The van der Waals surface area contributed by atoms with Gasteiger partial charge in [-0.05, 0) is 43.1 Å². The highest BCUT2D eigenvalue weighted by atomic mass is 16.1. The van der Waals surface area contributed by atoms with Gasteiger partial charge in [-0.15, -0.1) is 0 Å². The van der Waals surface area contributed by atoms with Crippen LogP contribution < -0.4 is 11.1 Å². The number of hydrogen-bond acceptors (Lipinski definition) is 3. The molecule has 1 saturated heterocycles. The molecule has 1 unspecified atom stereocenters. The maximum Gasteiger partial charge on any atom is 0.251 e. The van der Waals surface area contributed by atoms with Crippen molar-refractivity contribution in [1.29, 1.82) is 0 Å². The molecule has 1 heterocycles. The van der Waals surface area contributed by atoms with Crippen LogP contribution in [0, 0.1) is 5.92 Å². The molecule has 0 aliphatic carbocycles. The van der Waals surface area contributed by atoms with Gasteiger partial charge < -0.3 is 16.0 Å². The number of likely N-dealkylation sites (tertiary alicyclic amines) is 1. The summed E-state index contributed by atoms with van der Waals surface area (Å²) in [5.74, 6) is 0.590. The number of hydrogen-bond donors (Lipinski definition) is 2. The summed E-state index contributed by atoms with van der Waals surface area (Å²) < 4.78 is 0. The third-order valence-corrected chi connectivity index (χ3v) is 3.79. The molecule has 1 aromatic carbocycles. The highest BCUT2D eigenvalue weighted by molar-refractivity contribution is 5.94. The van der Waals surface area contributed by atoms with Gasteiger partial charge in [0.15, 0.2) is 0 Å². The Hall–Kier alpha value is -1.39. The summed E-state index contributed by atoms with van der Waals surface area (Å²) in [6.45, 7) is 6.76. The van der Waals surface area contributed by atoms with Crippen LogP contribution in [0.3, 0.4) is 0 Å². The third kappa shape index (κ3) is 3.78. The second-order valence-electron chi connectivity index (χ2n) is 5.16. The summed E-state index contributed by atoms with van der Waals surface area (Å²) in [6.07, 6.45) is 1.18. The van der Waals surface area contributed by atoms with Crippen LogP contribution in [-0.4, -0.2) is 37.0 Å². The molecule has 0 spiro atoms. The molecule has 0 saturated carbocycles. The van der Waals surface area contributed by atoms with E-state index >= 15 is 0 Å². The molecular formula is C15H23N3O. The Kier molecular flexibility index (Phi) is 4.93. The molecule has 1 aliphatic heterocycles. The van der Waals surface area contributed by atoms with E-state index in [0.29, 0.717) is 18.0 Å². The van der Waals surface area contributed by atoms with Crippen LogP contribution in [0.5, 0.6) is 0 Å². The van der Waals surface area contributed by atoms with Gasteiger partial charge in [-0.25, -0.2) is 0 Å². The number of amides is 1. The van der Waals surface area contributed by atoms with E-state index in [9.17, 15) is 4.79 Å². The van der Waals surface area contributed by atoms with Crippen LogP contribution in [0.1, 0.15) is 29.3 Å². The lowest BCUT2D eigenvalue weighted by atomic mass is 10.1. The van der Waals surface area contributed by atoms with Crippen LogP contribution >= 0.6 is 0 Å². The Morgan fingerprint density at radius 3 is 3.05 bits per heavy atom. The first-order valence-electron chi connectivity index (χ1n) is 7.02. The topological polar surface area (TPSA) is 58.4 Å². The molecule has 0 aromatic heterocycles. The summed E-state index contributed by atoms with van der Waals surface area (Å²) in [5.41, 5.74) is 7.28. The molecule has 4 nitrogen and oxygen atoms in total. The second-order valence-corrected chi connectivity index (χ2v) is 5.16. The van der Waals surface area contributed by atoms with E-state index in [-0.39, 0.29) is 5.91 Å². The van der Waals surface area contributed by atoms with Crippen molar-refractivity contribution < 1.29 is 4.79 Å². The van der Waals surface area contributed by atoms with Gasteiger partial charge in [0.2, 0.25) is 0 Å². The molecule has 4 heteroatoms. The average Bonchev–Trinajstić information content (AvgIpc) is 2.93. The molecule has 0 radical (unpaired) electrons. The van der Waals surface area contributed by atoms with Gasteiger partial charge in [-0.2, -0.15) is 0 Å². The second kappa shape index (κ2) is 6.68. The minimum atomic E-state index is 0.00486. The standard InChI is InChI=1S/C15H23N3O/c1-2-18-7-6-13(11-18)10-17-15(19)14-5-3-4-12(8-14)9-16/h3-5,8,13H,2,6-7,9-11,16H2,1H3,(H,17,19). The first-order chi connectivity index (χ1) is 9.22. The normalized spacial score (nSPS) is 19.6. The summed E-state index contributed by atoms with van der Waals surface area (Å²) in [4.78, 5) is 14.5. The van der Waals surface area contributed by atoms with Crippen LogP contribution in [0.2, 0.25) is 0 Å². The smallest absolute Gasteiger partial charge is 0.251 e. The Morgan fingerprint density at radius 2 is 2.37 bits per heavy atom. The van der Waals surface area contributed by atoms with Gasteiger partial charge in [0.25, 0.3) is 5.91 Å². The van der Waals surface area contributed by atoms with Gasteiger partial charge in [-0.3, -0.25) is 4.79 Å². The Morgan fingerprint density at radius 1 is 1.53 bits per heavy atom. The van der Waals surface area contributed by atoms with Crippen molar-refractivity contribution in [2.75, 3.05) is 26.2 Å². The molecule has 1 amide bonds. The van der Waals surface area contributed by atoms with E-state index in [2.05, 4.69) is 17.1 Å². The highest BCUT2D eigenvalue weighted by Gasteiger charge is 2.21. The molecule has 1 aromatic rings. The highest BCUT2D eigenvalue weighted by Crippen LogP contribution is 2.14. The fourth-order valence-electron chi connectivity index (χ4n) is 2.55. The molecule has 0 bridgehead atoms. The van der Waals surface area contributed by atoms with E-state index in [1.807, 2.05) is 24.3 Å². The van der Waals surface area contributed by atoms with E-state index < -0.39 is 0 Å². The first kappa shape index (κ1) is 14.0. The first-order valence-corrected chi connectivity index (χ1v) is 7.02. The molecular weight excluding hydrogens is 238 g/mol. The zero-order chi connectivity index (χ0) is 13.7. The Balaban J connectivity index is 1.84. The van der Waals surface area contributed by atoms with Crippen molar-refractivity contribution in [1.82, 2.24) is 10.2 Å². The van der Waals surface area contributed by atoms with Gasteiger partial charge >= 0.3 is 0 Å². The quantitative estimate of drug-likeness (QED) is 0.838. The molecule has 1 fully saturated rings. The number of nitrogens with two attached hydrogens (primary N) is 1. The number of carbonyl (C=O) groups excluding carboxylic acids is 1. The minimum absolute atomic E-state index is 0.00486. The number of nitrogens with one attached hydrogen (secondary N) is 1. The molecule has 104 valence electrons. The summed E-state index contributed by atoms with van der Waals surface area (Å²) in [5, 5.41) is 3.03. The number of carbonyl (C=O) groups is 1. The van der Waals surface area contributed by atoms with Gasteiger partial charge in [0, 0.05) is 25.2 Å². The van der Waals surface area contributed by atoms with E-state index in [1.54, 1.807) is 0 Å². The van der Waals surface area contributed by atoms with Crippen LogP contribution in [0.25, 0.3) is 0 Å². The molecule has 3 N–H and O–H groups in total. The summed E-state index contributed by atoms with van der Waals surface area (Å²) >= 11 is 0. The Bertz CT molecular complexity index is 433. The van der Waals surface area contributed by atoms with E-state index in [0.717, 1.165) is 31.7 Å². The van der Waals surface area contributed by atoms with Crippen molar-refractivity contribution in [2.24, 2.45) is 11.7 Å². The van der Waals surface area contributed by atoms with Crippen molar-refractivity contribution in [2.45, 2.75) is 19.9 Å². The molecule has 1 aliphatic rings. The monoisotopic (exact) mass is 261 g/mol. The number of benzene rings is 1. The molecule has 2 rings (SSSR count). The van der Waals surface area contributed by atoms with Crippen molar-refractivity contribution in [3.63, 3.8) is 0 Å². The van der Waals surface area contributed by atoms with Gasteiger partial charge in [0.05, 0.1) is 0 Å². The van der Waals surface area contributed by atoms with Crippen LogP contribution in [0.4, 0.5) is 0 Å². The van der Waals surface area contributed by atoms with Crippen molar-refractivity contribution in [3.8, 4) is 0 Å². The maximum atomic E-state index is 12.1. The molecule has 1 atom stereocenters. The van der Waals surface area contributed by atoms with Gasteiger partial charge in [0.1, 0.15) is 0 Å². The average molecular weight is 261 g/mol. The van der Waals surface area contributed by atoms with Crippen molar-refractivity contribution >= 4 is 5.91 Å². The SMILES string of the molecule is CCN1CCC(CNC(=O)c2cccc(CN)c2)C1. The third-order valence-electron chi connectivity index (χ3n) is 3.79. The summed E-state index contributed by atoms with van der Waals surface area (Å²) in [6, 6.07) is 7.52. The van der Waals surface area contributed by atoms with Crippen molar-refractivity contribution in [3.05, 3.63) is 35.4 Å². The summed E-state index contributed by atoms with van der Waals surface area (Å²) in [7, 11) is 0. The van der Waals surface area contributed by atoms with Crippen LogP contribution in [-0.2, 0) is 6.54 Å². The number of nitrogens with zero attached hydrogens (tertiary/aromatic N) is 1.